The molecular formula is C11H17NO5. The third-order valence-corrected chi connectivity index (χ3v) is 3.18. The van der Waals surface area contributed by atoms with Crippen LogP contribution in [0.5, 0.6) is 0 Å². The Hall–Kier alpha value is -1.14. The zero-order valence-corrected chi connectivity index (χ0v) is 9.81. The fraction of sp³-hybridized carbons (Fsp3) is 0.818. The molecule has 0 spiro atoms. The summed E-state index contributed by atoms with van der Waals surface area (Å²) >= 11 is 0. The van der Waals surface area contributed by atoms with E-state index in [1.54, 1.807) is 0 Å². The van der Waals surface area contributed by atoms with E-state index in [0.29, 0.717) is 19.6 Å². The SMILES string of the molecule is COC(=O)C(=O)NC1CCC2OCCOC2C1. The lowest BCUT2D eigenvalue weighted by molar-refractivity contribution is -0.161. The highest BCUT2D eigenvalue weighted by Gasteiger charge is 2.35. The first-order valence-corrected chi connectivity index (χ1v) is 5.82. The topological polar surface area (TPSA) is 73.9 Å². The van der Waals surface area contributed by atoms with Crippen molar-refractivity contribution < 1.29 is 23.8 Å². The minimum absolute atomic E-state index is 0.0282. The van der Waals surface area contributed by atoms with Crippen LogP contribution < -0.4 is 5.32 Å². The zero-order chi connectivity index (χ0) is 12.3. The number of carbonyl (C=O) groups is 2. The van der Waals surface area contributed by atoms with Gasteiger partial charge in [0.2, 0.25) is 0 Å². The number of carbonyl (C=O) groups excluding carboxylic acids is 2. The lowest BCUT2D eigenvalue weighted by Gasteiger charge is -2.38. The van der Waals surface area contributed by atoms with E-state index in [9.17, 15) is 9.59 Å². The molecule has 1 N–H and O–H groups in total. The molecule has 0 aromatic carbocycles. The van der Waals surface area contributed by atoms with Gasteiger partial charge in [-0.1, -0.05) is 0 Å². The van der Waals surface area contributed by atoms with E-state index in [2.05, 4.69) is 10.1 Å². The Morgan fingerprint density at radius 3 is 2.59 bits per heavy atom. The van der Waals surface area contributed by atoms with E-state index in [4.69, 9.17) is 9.47 Å². The Morgan fingerprint density at radius 1 is 1.18 bits per heavy atom. The van der Waals surface area contributed by atoms with E-state index < -0.39 is 11.9 Å². The quantitative estimate of drug-likeness (QED) is 0.501. The number of hydrogen-bond donors (Lipinski definition) is 1. The van der Waals surface area contributed by atoms with Crippen LogP contribution in [0.3, 0.4) is 0 Å². The van der Waals surface area contributed by atoms with Gasteiger partial charge in [-0.15, -0.1) is 0 Å². The van der Waals surface area contributed by atoms with Crippen molar-refractivity contribution in [2.24, 2.45) is 0 Å². The molecule has 1 saturated heterocycles. The maximum Gasteiger partial charge on any atom is 0.396 e. The number of methoxy groups -OCH3 is 1. The van der Waals surface area contributed by atoms with Crippen LogP contribution in [0.15, 0.2) is 0 Å². The van der Waals surface area contributed by atoms with Crippen LogP contribution >= 0.6 is 0 Å². The van der Waals surface area contributed by atoms with Gasteiger partial charge in [0.15, 0.2) is 0 Å². The van der Waals surface area contributed by atoms with Crippen LogP contribution in [0.2, 0.25) is 0 Å². The maximum atomic E-state index is 11.3. The van der Waals surface area contributed by atoms with Crippen LogP contribution in [0.25, 0.3) is 0 Å². The molecule has 6 nitrogen and oxygen atoms in total. The van der Waals surface area contributed by atoms with E-state index in [0.717, 1.165) is 12.8 Å². The van der Waals surface area contributed by atoms with Crippen molar-refractivity contribution in [2.75, 3.05) is 20.3 Å². The standard InChI is InChI=1S/C11H17NO5/c1-15-11(14)10(13)12-7-2-3-8-9(6-7)17-5-4-16-8/h7-9H,2-6H2,1H3,(H,12,13). The van der Waals surface area contributed by atoms with Gasteiger partial charge in [-0.25, -0.2) is 4.79 Å². The van der Waals surface area contributed by atoms with Gasteiger partial charge in [0.05, 0.1) is 32.5 Å². The lowest BCUT2D eigenvalue weighted by atomic mass is 9.89. The Morgan fingerprint density at radius 2 is 1.88 bits per heavy atom. The number of rotatable bonds is 1. The fourth-order valence-electron chi connectivity index (χ4n) is 2.33. The summed E-state index contributed by atoms with van der Waals surface area (Å²) in [6.45, 7) is 1.24. The van der Waals surface area contributed by atoms with Crippen molar-refractivity contribution in [1.82, 2.24) is 5.32 Å². The van der Waals surface area contributed by atoms with Gasteiger partial charge < -0.3 is 19.5 Å². The van der Waals surface area contributed by atoms with E-state index in [1.165, 1.54) is 7.11 Å². The smallest absolute Gasteiger partial charge is 0.396 e. The summed E-state index contributed by atoms with van der Waals surface area (Å²) in [6, 6.07) is -0.0375. The maximum absolute atomic E-state index is 11.3. The summed E-state index contributed by atoms with van der Waals surface area (Å²) < 4.78 is 15.5. The van der Waals surface area contributed by atoms with E-state index >= 15 is 0 Å². The summed E-state index contributed by atoms with van der Waals surface area (Å²) in [4.78, 5) is 22.3. The van der Waals surface area contributed by atoms with Gasteiger partial charge in [0, 0.05) is 6.04 Å². The lowest BCUT2D eigenvalue weighted by Crippen LogP contribution is -2.50. The molecule has 2 aliphatic rings. The number of fused-ring (bicyclic) bond motifs is 1. The Labute approximate surface area is 99.6 Å². The summed E-state index contributed by atoms with van der Waals surface area (Å²) in [6.07, 6.45) is 2.49. The normalized spacial score (nSPS) is 32.4. The van der Waals surface area contributed by atoms with Gasteiger partial charge >= 0.3 is 11.9 Å². The molecule has 1 aliphatic carbocycles. The van der Waals surface area contributed by atoms with Gasteiger partial charge in [-0.05, 0) is 19.3 Å². The molecule has 1 aliphatic heterocycles. The first-order chi connectivity index (χ1) is 8.20. The predicted octanol–water partition coefficient (Wildman–Crippen LogP) is -0.388. The van der Waals surface area contributed by atoms with Crippen molar-refractivity contribution in [3.63, 3.8) is 0 Å². The first-order valence-electron chi connectivity index (χ1n) is 5.82. The van der Waals surface area contributed by atoms with Crippen molar-refractivity contribution >= 4 is 11.9 Å². The van der Waals surface area contributed by atoms with Gasteiger partial charge in [0.1, 0.15) is 0 Å². The molecular weight excluding hydrogens is 226 g/mol. The molecule has 2 fully saturated rings. The highest BCUT2D eigenvalue weighted by Crippen LogP contribution is 2.26. The highest BCUT2D eigenvalue weighted by atomic mass is 16.6. The minimum atomic E-state index is -0.854. The average molecular weight is 243 g/mol. The second-order valence-corrected chi connectivity index (χ2v) is 4.29. The van der Waals surface area contributed by atoms with Crippen LogP contribution in [0.1, 0.15) is 19.3 Å². The highest BCUT2D eigenvalue weighted by molar-refractivity contribution is 6.32. The second-order valence-electron chi connectivity index (χ2n) is 4.29. The van der Waals surface area contributed by atoms with Crippen LogP contribution in [0, 0.1) is 0 Å². The number of nitrogens with one attached hydrogen (secondary N) is 1. The number of esters is 1. The van der Waals surface area contributed by atoms with Crippen molar-refractivity contribution in [2.45, 2.75) is 37.5 Å². The number of amides is 1. The van der Waals surface area contributed by atoms with Gasteiger partial charge in [-0.2, -0.15) is 0 Å². The van der Waals surface area contributed by atoms with Crippen LogP contribution in [-0.2, 0) is 23.8 Å². The molecule has 96 valence electrons. The fourth-order valence-corrected chi connectivity index (χ4v) is 2.33. The minimum Gasteiger partial charge on any atom is -0.462 e. The molecule has 0 bridgehead atoms. The van der Waals surface area contributed by atoms with Gasteiger partial charge in [-0.3, -0.25) is 4.79 Å². The summed E-state index contributed by atoms with van der Waals surface area (Å²) in [5, 5.41) is 2.65. The second kappa shape index (κ2) is 5.46. The van der Waals surface area contributed by atoms with Crippen LogP contribution in [-0.4, -0.2) is 50.4 Å². The predicted molar refractivity (Wildman–Crippen MR) is 57.3 cm³/mol. The molecule has 0 aromatic heterocycles. The Kier molecular flexibility index (Phi) is 3.96. The van der Waals surface area contributed by atoms with E-state index in [-0.39, 0.29) is 18.2 Å². The molecule has 3 unspecified atom stereocenters. The molecule has 17 heavy (non-hydrogen) atoms. The zero-order valence-electron chi connectivity index (χ0n) is 9.81. The molecule has 0 aromatic rings. The average Bonchev–Trinajstić information content (AvgIpc) is 2.37. The molecule has 1 heterocycles. The Balaban J connectivity index is 1.83. The van der Waals surface area contributed by atoms with Crippen LogP contribution in [0.4, 0.5) is 0 Å². The molecule has 1 amide bonds. The first kappa shape index (κ1) is 12.3. The van der Waals surface area contributed by atoms with Gasteiger partial charge in [0.25, 0.3) is 0 Å². The largest absolute Gasteiger partial charge is 0.462 e. The third-order valence-electron chi connectivity index (χ3n) is 3.18. The summed E-state index contributed by atoms with van der Waals surface area (Å²) in [7, 11) is 1.19. The molecule has 2 rings (SSSR count). The third kappa shape index (κ3) is 2.95. The molecule has 6 heteroatoms. The number of ether oxygens (including phenoxy) is 3. The van der Waals surface area contributed by atoms with Crippen molar-refractivity contribution in [3.05, 3.63) is 0 Å². The Bertz CT molecular complexity index is 306. The molecule has 1 saturated carbocycles. The summed E-state index contributed by atoms with van der Waals surface area (Å²) in [5.41, 5.74) is 0. The number of hydrogen-bond acceptors (Lipinski definition) is 5. The summed E-state index contributed by atoms with van der Waals surface area (Å²) in [5.74, 6) is -1.54. The van der Waals surface area contributed by atoms with E-state index in [1.807, 2.05) is 0 Å². The molecule has 3 atom stereocenters. The van der Waals surface area contributed by atoms with Crippen molar-refractivity contribution in [3.8, 4) is 0 Å². The van der Waals surface area contributed by atoms with Crippen molar-refractivity contribution in [1.29, 1.82) is 0 Å². The monoisotopic (exact) mass is 243 g/mol. The molecule has 0 radical (unpaired) electrons.